The Hall–Kier alpha value is -2.11. The molecule has 0 unspecified atom stereocenters. The first kappa shape index (κ1) is 14.5. The van der Waals surface area contributed by atoms with Gasteiger partial charge in [-0.2, -0.15) is 13.8 Å². The van der Waals surface area contributed by atoms with Crippen molar-refractivity contribution in [2.24, 2.45) is 5.92 Å². The molecule has 1 saturated carbocycles. The van der Waals surface area contributed by atoms with E-state index in [0.29, 0.717) is 23.7 Å². The third kappa shape index (κ3) is 2.78. The summed E-state index contributed by atoms with van der Waals surface area (Å²) in [6, 6.07) is 5.72. The SMILES string of the molecule is O=C(C[C@@H]1CCc2cc(-c3noc(C(F)F)n3)ccc21)C1CC1. The van der Waals surface area contributed by atoms with Gasteiger partial charge in [0.25, 0.3) is 5.89 Å². The van der Waals surface area contributed by atoms with Gasteiger partial charge in [-0.05, 0) is 48.8 Å². The summed E-state index contributed by atoms with van der Waals surface area (Å²) in [6.45, 7) is 0. The molecule has 1 aromatic carbocycles. The van der Waals surface area contributed by atoms with E-state index in [2.05, 4.69) is 14.7 Å². The van der Waals surface area contributed by atoms with Crippen LogP contribution in [0.2, 0.25) is 0 Å². The smallest absolute Gasteiger partial charge is 0.315 e. The summed E-state index contributed by atoms with van der Waals surface area (Å²) in [5.74, 6) is 0.486. The molecule has 4 rings (SSSR count). The van der Waals surface area contributed by atoms with Crippen LogP contribution in [0.5, 0.6) is 0 Å². The maximum Gasteiger partial charge on any atom is 0.315 e. The van der Waals surface area contributed by atoms with Crippen LogP contribution in [0.4, 0.5) is 8.78 Å². The van der Waals surface area contributed by atoms with Crippen LogP contribution in [0.15, 0.2) is 22.7 Å². The average molecular weight is 318 g/mol. The normalized spacial score (nSPS) is 20.0. The van der Waals surface area contributed by atoms with Crippen LogP contribution < -0.4 is 0 Å². The summed E-state index contributed by atoms with van der Waals surface area (Å²) >= 11 is 0. The van der Waals surface area contributed by atoms with Crippen molar-refractivity contribution in [3.63, 3.8) is 0 Å². The molecule has 2 aliphatic carbocycles. The Morgan fingerprint density at radius 1 is 1.30 bits per heavy atom. The van der Waals surface area contributed by atoms with E-state index in [0.717, 1.165) is 31.2 Å². The summed E-state index contributed by atoms with van der Waals surface area (Å²) in [5.41, 5.74) is 3.02. The number of Topliss-reactive ketones (excluding diaryl/α,β-unsaturated/α-hetero) is 1. The Labute approximate surface area is 131 Å². The fraction of sp³-hybridized carbons (Fsp3) is 0.471. The molecule has 1 aromatic heterocycles. The lowest BCUT2D eigenvalue weighted by molar-refractivity contribution is -0.120. The molecule has 2 aliphatic rings. The molecule has 0 amide bonds. The summed E-state index contributed by atoms with van der Waals surface area (Å²) < 4.78 is 29.6. The lowest BCUT2D eigenvalue weighted by Gasteiger charge is -2.10. The van der Waals surface area contributed by atoms with Crippen LogP contribution in [-0.4, -0.2) is 15.9 Å². The van der Waals surface area contributed by atoms with Crippen LogP contribution >= 0.6 is 0 Å². The van der Waals surface area contributed by atoms with Gasteiger partial charge in [0, 0.05) is 17.9 Å². The largest absolute Gasteiger partial charge is 0.333 e. The molecule has 1 atom stereocenters. The topological polar surface area (TPSA) is 56.0 Å². The number of halogens is 2. The van der Waals surface area contributed by atoms with Crippen molar-refractivity contribution in [1.29, 1.82) is 0 Å². The summed E-state index contributed by atoms with van der Waals surface area (Å²) in [4.78, 5) is 15.7. The molecular formula is C17H16F2N2O2. The zero-order valence-corrected chi connectivity index (χ0v) is 12.5. The minimum Gasteiger partial charge on any atom is -0.333 e. The number of fused-ring (bicyclic) bond motifs is 1. The van der Waals surface area contributed by atoms with E-state index >= 15 is 0 Å². The van der Waals surface area contributed by atoms with Gasteiger partial charge in [0.05, 0.1) is 0 Å². The zero-order chi connectivity index (χ0) is 16.0. The zero-order valence-electron chi connectivity index (χ0n) is 12.5. The molecular weight excluding hydrogens is 302 g/mol. The molecule has 0 spiro atoms. The molecule has 0 aliphatic heterocycles. The molecule has 0 saturated heterocycles. The molecule has 0 N–H and O–H groups in total. The lowest BCUT2D eigenvalue weighted by atomic mass is 9.93. The van der Waals surface area contributed by atoms with Crippen LogP contribution in [0, 0.1) is 5.92 Å². The minimum absolute atomic E-state index is 0.181. The number of alkyl halides is 2. The van der Waals surface area contributed by atoms with E-state index in [4.69, 9.17) is 0 Å². The number of hydrogen-bond donors (Lipinski definition) is 0. The van der Waals surface area contributed by atoms with Crippen molar-refractivity contribution >= 4 is 5.78 Å². The Bertz CT molecular complexity index is 753. The molecule has 1 heterocycles. The van der Waals surface area contributed by atoms with Crippen LogP contribution in [0.3, 0.4) is 0 Å². The third-order valence-electron chi connectivity index (χ3n) is 4.71. The van der Waals surface area contributed by atoms with Crippen molar-refractivity contribution in [2.45, 2.75) is 44.4 Å². The number of aromatic nitrogens is 2. The van der Waals surface area contributed by atoms with Gasteiger partial charge < -0.3 is 4.52 Å². The standard InChI is InChI=1S/C17H16F2N2O2/c18-15(19)17-20-16(21-23-17)12-5-6-13-10(7-12)3-4-11(13)8-14(22)9-1-2-9/h5-7,9,11,15H,1-4,8H2/t11-/m0/s1. The predicted octanol–water partition coefficient (Wildman–Crippen LogP) is 4.07. The number of ketones is 1. The summed E-state index contributed by atoms with van der Waals surface area (Å²) in [7, 11) is 0. The highest BCUT2D eigenvalue weighted by Gasteiger charge is 2.33. The maximum absolute atomic E-state index is 12.5. The van der Waals surface area contributed by atoms with Crippen molar-refractivity contribution in [3.8, 4) is 11.4 Å². The van der Waals surface area contributed by atoms with Crippen molar-refractivity contribution in [3.05, 3.63) is 35.2 Å². The van der Waals surface area contributed by atoms with Gasteiger partial charge in [-0.3, -0.25) is 4.79 Å². The molecule has 0 bridgehead atoms. The quantitative estimate of drug-likeness (QED) is 0.834. The lowest BCUT2D eigenvalue weighted by Crippen LogP contribution is -2.06. The fourth-order valence-corrected chi connectivity index (χ4v) is 3.31. The Morgan fingerprint density at radius 3 is 2.83 bits per heavy atom. The first-order valence-corrected chi connectivity index (χ1v) is 7.89. The van der Waals surface area contributed by atoms with Gasteiger partial charge in [0.2, 0.25) is 5.82 Å². The highest BCUT2D eigenvalue weighted by Crippen LogP contribution is 2.40. The molecule has 6 heteroatoms. The van der Waals surface area contributed by atoms with Gasteiger partial charge in [-0.15, -0.1) is 0 Å². The summed E-state index contributed by atoms with van der Waals surface area (Å²) in [5, 5.41) is 3.61. The van der Waals surface area contributed by atoms with Crippen molar-refractivity contribution < 1.29 is 18.1 Å². The second-order valence-corrected chi connectivity index (χ2v) is 6.35. The molecule has 0 radical (unpaired) electrons. The van der Waals surface area contributed by atoms with E-state index in [1.54, 1.807) is 0 Å². The number of benzene rings is 1. The second-order valence-electron chi connectivity index (χ2n) is 6.35. The number of nitrogens with zero attached hydrogens (tertiary/aromatic N) is 2. The van der Waals surface area contributed by atoms with Gasteiger partial charge in [0.15, 0.2) is 0 Å². The van der Waals surface area contributed by atoms with Gasteiger partial charge in [-0.1, -0.05) is 17.3 Å². The first-order valence-electron chi connectivity index (χ1n) is 7.89. The van der Waals surface area contributed by atoms with E-state index in [-0.39, 0.29) is 11.7 Å². The highest BCUT2D eigenvalue weighted by atomic mass is 19.3. The molecule has 1 fully saturated rings. The van der Waals surface area contributed by atoms with E-state index < -0.39 is 12.3 Å². The van der Waals surface area contributed by atoms with E-state index in [1.807, 2.05) is 18.2 Å². The Balaban J connectivity index is 1.55. The van der Waals surface area contributed by atoms with Gasteiger partial charge in [0.1, 0.15) is 5.78 Å². The van der Waals surface area contributed by atoms with Crippen molar-refractivity contribution in [1.82, 2.24) is 10.1 Å². The third-order valence-corrected chi connectivity index (χ3v) is 4.71. The monoisotopic (exact) mass is 318 g/mol. The molecule has 4 nitrogen and oxygen atoms in total. The van der Waals surface area contributed by atoms with Crippen LogP contribution in [0.25, 0.3) is 11.4 Å². The molecule has 23 heavy (non-hydrogen) atoms. The number of aryl methyl sites for hydroxylation is 1. The fourth-order valence-electron chi connectivity index (χ4n) is 3.31. The molecule has 2 aromatic rings. The number of carbonyl (C=O) groups excluding carboxylic acids is 1. The second kappa shape index (κ2) is 5.51. The number of carbonyl (C=O) groups is 1. The van der Waals surface area contributed by atoms with E-state index in [1.165, 1.54) is 5.56 Å². The minimum atomic E-state index is -2.76. The number of hydrogen-bond acceptors (Lipinski definition) is 4. The highest BCUT2D eigenvalue weighted by molar-refractivity contribution is 5.84. The first-order chi connectivity index (χ1) is 11.1. The Kier molecular flexibility index (Phi) is 3.47. The average Bonchev–Trinajstić information content (AvgIpc) is 3.14. The van der Waals surface area contributed by atoms with Gasteiger partial charge in [-0.25, -0.2) is 0 Å². The van der Waals surface area contributed by atoms with Crippen LogP contribution in [-0.2, 0) is 11.2 Å². The summed E-state index contributed by atoms with van der Waals surface area (Å²) in [6.07, 6.45) is 1.80. The molecule has 120 valence electrons. The van der Waals surface area contributed by atoms with E-state index in [9.17, 15) is 13.6 Å². The Morgan fingerprint density at radius 2 is 2.13 bits per heavy atom. The predicted molar refractivity (Wildman–Crippen MR) is 78.1 cm³/mol. The maximum atomic E-state index is 12.5. The van der Waals surface area contributed by atoms with Crippen LogP contribution in [0.1, 0.15) is 55.0 Å². The van der Waals surface area contributed by atoms with Crippen molar-refractivity contribution in [2.75, 3.05) is 0 Å². The number of rotatable bonds is 5. The van der Waals surface area contributed by atoms with Gasteiger partial charge >= 0.3 is 6.43 Å².